The zero-order valence-corrected chi connectivity index (χ0v) is 13.0. The van der Waals surface area contributed by atoms with Crippen LogP contribution in [0.3, 0.4) is 0 Å². The lowest BCUT2D eigenvalue weighted by atomic mass is 10.2. The summed E-state index contributed by atoms with van der Waals surface area (Å²) in [6.45, 7) is 3.67. The van der Waals surface area contributed by atoms with Gasteiger partial charge in [-0.3, -0.25) is 0 Å². The summed E-state index contributed by atoms with van der Waals surface area (Å²) < 4.78 is 40.3. The third kappa shape index (κ3) is 3.26. The summed E-state index contributed by atoms with van der Waals surface area (Å²) in [5, 5.41) is 9.74. The second-order valence-electron chi connectivity index (χ2n) is 4.29. The molecule has 5 nitrogen and oxygen atoms in total. The second kappa shape index (κ2) is 5.89. The molecule has 1 aromatic carbocycles. The maximum Gasteiger partial charge on any atom is 0.242 e. The molecular formula is C13H12FN3O2S2. The van der Waals surface area contributed by atoms with E-state index in [4.69, 9.17) is 5.26 Å². The van der Waals surface area contributed by atoms with Crippen molar-refractivity contribution in [2.45, 2.75) is 25.3 Å². The zero-order chi connectivity index (χ0) is 15.6. The van der Waals surface area contributed by atoms with E-state index >= 15 is 0 Å². The molecule has 0 radical (unpaired) electrons. The highest BCUT2D eigenvalue weighted by molar-refractivity contribution is 7.89. The Morgan fingerprint density at radius 3 is 2.71 bits per heavy atom. The van der Waals surface area contributed by atoms with Gasteiger partial charge in [-0.05, 0) is 26.0 Å². The molecule has 0 unspecified atom stereocenters. The van der Waals surface area contributed by atoms with Crippen molar-refractivity contribution in [1.82, 2.24) is 9.71 Å². The molecule has 0 aliphatic heterocycles. The van der Waals surface area contributed by atoms with E-state index in [0.29, 0.717) is 0 Å². The highest BCUT2D eigenvalue weighted by Crippen LogP contribution is 2.20. The van der Waals surface area contributed by atoms with Gasteiger partial charge in [0, 0.05) is 11.4 Å². The van der Waals surface area contributed by atoms with Gasteiger partial charge in [0.25, 0.3) is 0 Å². The molecule has 0 aliphatic carbocycles. The number of rotatable bonds is 4. The number of sulfonamides is 1. The Labute approximate surface area is 126 Å². The predicted octanol–water partition coefficient (Wildman–Crippen LogP) is 2.25. The molecule has 0 atom stereocenters. The molecule has 0 saturated carbocycles. The largest absolute Gasteiger partial charge is 0.247 e. The monoisotopic (exact) mass is 325 g/mol. The van der Waals surface area contributed by atoms with E-state index in [1.165, 1.54) is 23.5 Å². The average Bonchev–Trinajstić information content (AvgIpc) is 2.74. The number of hydrogen-bond donors (Lipinski definition) is 1. The number of nitrogens with zero attached hydrogens (tertiary/aromatic N) is 2. The summed E-state index contributed by atoms with van der Waals surface area (Å²) in [5.41, 5.74) is 0.266. The van der Waals surface area contributed by atoms with Crippen molar-refractivity contribution in [2.24, 2.45) is 0 Å². The van der Waals surface area contributed by atoms with Gasteiger partial charge in [-0.25, -0.2) is 22.5 Å². The number of aryl methyl sites for hydroxylation is 2. The Morgan fingerprint density at radius 1 is 1.43 bits per heavy atom. The molecule has 0 bridgehead atoms. The smallest absolute Gasteiger partial charge is 0.242 e. The number of hydrogen-bond acceptors (Lipinski definition) is 5. The van der Waals surface area contributed by atoms with Crippen LogP contribution < -0.4 is 4.72 Å². The summed E-state index contributed by atoms with van der Waals surface area (Å²) in [7, 11) is -3.96. The number of nitriles is 1. The normalized spacial score (nSPS) is 11.3. The molecule has 21 heavy (non-hydrogen) atoms. The lowest BCUT2D eigenvalue weighted by molar-refractivity contribution is 0.576. The summed E-state index contributed by atoms with van der Waals surface area (Å²) in [4.78, 5) is 4.63. The average molecular weight is 325 g/mol. The first-order valence-corrected chi connectivity index (χ1v) is 8.26. The number of nitrogens with one attached hydrogen (secondary N) is 1. The Morgan fingerprint density at radius 2 is 2.14 bits per heavy atom. The van der Waals surface area contributed by atoms with E-state index < -0.39 is 21.4 Å². The van der Waals surface area contributed by atoms with Crippen LogP contribution in [0, 0.1) is 31.0 Å². The maximum atomic E-state index is 13.5. The van der Waals surface area contributed by atoms with Crippen LogP contribution in [-0.2, 0) is 16.6 Å². The Bertz CT molecular complexity index is 822. The standard InChI is InChI=1S/C13H12FN3O2S2/c1-8-12(20-9(2)17-8)7-16-21(18,19)13-5-3-4-11(14)10(13)6-15/h3-5,16H,7H2,1-2H3. The number of benzene rings is 1. The molecule has 0 spiro atoms. The van der Waals surface area contributed by atoms with Crippen LogP contribution in [0.25, 0.3) is 0 Å². The van der Waals surface area contributed by atoms with E-state index in [-0.39, 0.29) is 11.4 Å². The Kier molecular flexibility index (Phi) is 4.37. The van der Waals surface area contributed by atoms with Crippen molar-refractivity contribution in [3.8, 4) is 6.07 Å². The van der Waals surface area contributed by atoms with E-state index in [1.807, 2.05) is 6.92 Å². The molecule has 1 heterocycles. The van der Waals surface area contributed by atoms with Gasteiger partial charge < -0.3 is 0 Å². The molecule has 0 aliphatic rings. The van der Waals surface area contributed by atoms with Gasteiger partial charge in [-0.15, -0.1) is 11.3 Å². The minimum atomic E-state index is -3.96. The molecule has 0 fully saturated rings. The van der Waals surface area contributed by atoms with Crippen LogP contribution in [0.4, 0.5) is 4.39 Å². The van der Waals surface area contributed by atoms with Gasteiger partial charge in [0.05, 0.1) is 10.7 Å². The van der Waals surface area contributed by atoms with Crippen LogP contribution in [0.1, 0.15) is 21.1 Å². The Hall–Kier alpha value is -1.82. The SMILES string of the molecule is Cc1nc(C)c(CNS(=O)(=O)c2cccc(F)c2C#N)s1. The molecule has 2 aromatic rings. The second-order valence-corrected chi connectivity index (χ2v) is 7.31. The van der Waals surface area contributed by atoms with Crippen molar-refractivity contribution in [3.05, 3.63) is 45.2 Å². The topological polar surface area (TPSA) is 82.8 Å². The molecule has 8 heteroatoms. The van der Waals surface area contributed by atoms with Gasteiger partial charge in [-0.2, -0.15) is 5.26 Å². The quantitative estimate of drug-likeness (QED) is 0.934. The molecular weight excluding hydrogens is 313 g/mol. The van der Waals surface area contributed by atoms with Crippen molar-refractivity contribution in [3.63, 3.8) is 0 Å². The van der Waals surface area contributed by atoms with Gasteiger partial charge in [0.15, 0.2) is 0 Å². The first kappa shape index (κ1) is 15.6. The van der Waals surface area contributed by atoms with Crippen LogP contribution in [0.2, 0.25) is 0 Å². The molecule has 0 amide bonds. The van der Waals surface area contributed by atoms with Crippen molar-refractivity contribution in [1.29, 1.82) is 5.26 Å². The van der Waals surface area contributed by atoms with Crippen LogP contribution in [-0.4, -0.2) is 13.4 Å². The molecule has 110 valence electrons. The summed E-state index contributed by atoms with van der Waals surface area (Å²) in [5.74, 6) is -0.856. The fourth-order valence-corrected chi connectivity index (χ4v) is 3.94. The van der Waals surface area contributed by atoms with Gasteiger partial charge >= 0.3 is 0 Å². The number of aromatic nitrogens is 1. The minimum Gasteiger partial charge on any atom is -0.247 e. The highest BCUT2D eigenvalue weighted by atomic mass is 32.2. The third-order valence-corrected chi connectivity index (χ3v) is 5.32. The summed E-state index contributed by atoms with van der Waals surface area (Å²) in [6.07, 6.45) is 0. The highest BCUT2D eigenvalue weighted by Gasteiger charge is 2.21. The molecule has 0 saturated heterocycles. The lowest BCUT2D eigenvalue weighted by Gasteiger charge is -2.08. The first-order chi connectivity index (χ1) is 9.85. The minimum absolute atomic E-state index is 0.0566. The fourth-order valence-electron chi connectivity index (χ4n) is 1.81. The van der Waals surface area contributed by atoms with Gasteiger partial charge in [0.2, 0.25) is 10.0 Å². The summed E-state index contributed by atoms with van der Waals surface area (Å²) in [6, 6.07) is 5.09. The van der Waals surface area contributed by atoms with Crippen molar-refractivity contribution in [2.75, 3.05) is 0 Å². The Balaban J connectivity index is 2.30. The molecule has 1 N–H and O–H groups in total. The first-order valence-electron chi connectivity index (χ1n) is 5.96. The van der Waals surface area contributed by atoms with Crippen molar-refractivity contribution < 1.29 is 12.8 Å². The van der Waals surface area contributed by atoms with Crippen LogP contribution in [0.5, 0.6) is 0 Å². The number of halogens is 1. The zero-order valence-electron chi connectivity index (χ0n) is 11.3. The lowest BCUT2D eigenvalue weighted by Crippen LogP contribution is -2.24. The molecule has 2 rings (SSSR count). The van der Waals surface area contributed by atoms with Gasteiger partial charge in [-0.1, -0.05) is 6.07 Å². The summed E-state index contributed by atoms with van der Waals surface area (Å²) >= 11 is 1.39. The van der Waals surface area contributed by atoms with E-state index in [1.54, 1.807) is 13.0 Å². The van der Waals surface area contributed by atoms with Crippen LogP contribution in [0.15, 0.2) is 23.1 Å². The van der Waals surface area contributed by atoms with Crippen LogP contribution >= 0.6 is 11.3 Å². The van der Waals surface area contributed by atoms with E-state index in [0.717, 1.165) is 21.6 Å². The third-order valence-electron chi connectivity index (χ3n) is 2.80. The van der Waals surface area contributed by atoms with E-state index in [9.17, 15) is 12.8 Å². The van der Waals surface area contributed by atoms with Crippen molar-refractivity contribution >= 4 is 21.4 Å². The fraction of sp³-hybridized carbons (Fsp3) is 0.231. The predicted molar refractivity (Wildman–Crippen MR) is 76.7 cm³/mol. The number of thiazole rings is 1. The van der Waals surface area contributed by atoms with Gasteiger partial charge in [0.1, 0.15) is 22.3 Å². The van der Waals surface area contributed by atoms with E-state index in [2.05, 4.69) is 9.71 Å². The maximum absolute atomic E-state index is 13.5. The molecule has 1 aromatic heterocycles.